The second kappa shape index (κ2) is 6.74. The third-order valence-electron chi connectivity index (χ3n) is 3.32. The summed E-state index contributed by atoms with van der Waals surface area (Å²) in [6, 6.07) is 4.13. The number of piperidine rings is 1. The van der Waals surface area contributed by atoms with E-state index in [1.165, 1.54) is 29.6 Å². The minimum Gasteiger partial charge on any atom is -0.277 e. The Morgan fingerprint density at radius 1 is 1.29 bits per heavy atom. The van der Waals surface area contributed by atoms with Crippen LogP contribution >= 0.6 is 11.6 Å². The Morgan fingerprint density at radius 3 is 2.57 bits per heavy atom. The SMILES string of the molecule is CONC(=O)c1ccc(Cl)c(S(=O)(=O)N2CCCCC2)c1. The average molecular weight is 333 g/mol. The first-order valence-corrected chi connectivity index (χ1v) is 8.41. The first-order valence-electron chi connectivity index (χ1n) is 6.60. The number of nitrogens with one attached hydrogen (secondary N) is 1. The zero-order chi connectivity index (χ0) is 15.5. The van der Waals surface area contributed by atoms with Crippen molar-refractivity contribution in [3.63, 3.8) is 0 Å². The van der Waals surface area contributed by atoms with Crippen LogP contribution in [-0.4, -0.2) is 38.8 Å². The van der Waals surface area contributed by atoms with Gasteiger partial charge < -0.3 is 0 Å². The summed E-state index contributed by atoms with van der Waals surface area (Å²) in [4.78, 5) is 16.2. The van der Waals surface area contributed by atoms with Gasteiger partial charge in [0.05, 0.1) is 12.1 Å². The molecule has 6 nitrogen and oxygen atoms in total. The molecule has 1 heterocycles. The van der Waals surface area contributed by atoms with Gasteiger partial charge in [0.25, 0.3) is 5.91 Å². The van der Waals surface area contributed by atoms with Crippen molar-refractivity contribution in [3.05, 3.63) is 28.8 Å². The average Bonchev–Trinajstić information content (AvgIpc) is 2.48. The molecule has 0 unspecified atom stereocenters. The molecule has 8 heteroatoms. The van der Waals surface area contributed by atoms with Gasteiger partial charge in [-0.05, 0) is 31.0 Å². The highest BCUT2D eigenvalue weighted by Gasteiger charge is 2.28. The number of nitrogens with zero attached hydrogens (tertiary/aromatic N) is 1. The molecule has 1 aliphatic rings. The first kappa shape index (κ1) is 16.2. The molecule has 0 spiro atoms. The Hall–Kier alpha value is -1.15. The van der Waals surface area contributed by atoms with Crippen molar-refractivity contribution >= 4 is 27.5 Å². The molecule has 0 radical (unpaired) electrons. The van der Waals surface area contributed by atoms with Gasteiger partial charge in [-0.15, -0.1) is 0 Å². The molecule has 0 aromatic heterocycles. The number of carbonyl (C=O) groups is 1. The second-order valence-electron chi connectivity index (χ2n) is 4.75. The van der Waals surface area contributed by atoms with Crippen molar-refractivity contribution in [3.8, 4) is 0 Å². The third-order valence-corrected chi connectivity index (χ3v) is 5.70. The highest BCUT2D eigenvalue weighted by Crippen LogP contribution is 2.27. The van der Waals surface area contributed by atoms with Crippen molar-refractivity contribution < 1.29 is 18.0 Å². The lowest BCUT2D eigenvalue weighted by Crippen LogP contribution is -2.36. The van der Waals surface area contributed by atoms with Gasteiger partial charge in [0.2, 0.25) is 10.0 Å². The largest absolute Gasteiger partial charge is 0.277 e. The topological polar surface area (TPSA) is 75.7 Å². The maximum atomic E-state index is 12.6. The van der Waals surface area contributed by atoms with Crippen LogP contribution < -0.4 is 5.48 Å². The zero-order valence-electron chi connectivity index (χ0n) is 11.6. The van der Waals surface area contributed by atoms with Gasteiger partial charge in [0.1, 0.15) is 4.90 Å². The summed E-state index contributed by atoms with van der Waals surface area (Å²) in [6.07, 6.45) is 2.69. The van der Waals surface area contributed by atoms with Gasteiger partial charge in [0, 0.05) is 18.7 Å². The third kappa shape index (κ3) is 3.55. The minimum atomic E-state index is -3.68. The molecule has 1 amide bonds. The number of hydrogen-bond acceptors (Lipinski definition) is 4. The van der Waals surface area contributed by atoms with Crippen molar-refractivity contribution in [2.24, 2.45) is 0 Å². The Balaban J connectivity index is 2.37. The molecule has 0 atom stereocenters. The van der Waals surface area contributed by atoms with Crippen molar-refractivity contribution in [2.45, 2.75) is 24.2 Å². The van der Waals surface area contributed by atoms with Crippen LogP contribution in [-0.2, 0) is 14.9 Å². The molecule has 0 saturated carbocycles. The normalized spacial score (nSPS) is 16.7. The molecule has 1 aromatic carbocycles. The molecule has 1 aromatic rings. The van der Waals surface area contributed by atoms with Crippen LogP contribution in [0.5, 0.6) is 0 Å². The van der Waals surface area contributed by atoms with Crippen LogP contribution in [0.1, 0.15) is 29.6 Å². The molecule has 1 aliphatic heterocycles. The lowest BCUT2D eigenvalue weighted by atomic mass is 10.2. The maximum absolute atomic E-state index is 12.6. The van der Waals surface area contributed by atoms with Crippen LogP contribution in [0.4, 0.5) is 0 Å². The van der Waals surface area contributed by atoms with Gasteiger partial charge in [-0.25, -0.2) is 13.9 Å². The lowest BCUT2D eigenvalue weighted by Gasteiger charge is -2.26. The van der Waals surface area contributed by atoms with E-state index < -0.39 is 15.9 Å². The maximum Gasteiger partial charge on any atom is 0.274 e. The Labute approximate surface area is 129 Å². The van der Waals surface area contributed by atoms with Crippen LogP contribution in [0.15, 0.2) is 23.1 Å². The summed E-state index contributed by atoms with van der Waals surface area (Å²) < 4.78 is 26.7. The predicted octanol–water partition coefficient (Wildman–Crippen LogP) is 1.81. The lowest BCUT2D eigenvalue weighted by molar-refractivity contribution is 0.0537. The number of hydrogen-bond donors (Lipinski definition) is 1. The molecule has 0 aliphatic carbocycles. The molecule has 2 rings (SSSR count). The van der Waals surface area contributed by atoms with Crippen molar-refractivity contribution in [2.75, 3.05) is 20.2 Å². The second-order valence-corrected chi connectivity index (χ2v) is 7.06. The molecule has 1 fully saturated rings. The van der Waals surface area contributed by atoms with Crippen LogP contribution in [0, 0.1) is 0 Å². The first-order chi connectivity index (χ1) is 9.96. The van der Waals surface area contributed by atoms with Gasteiger partial charge in [-0.3, -0.25) is 9.63 Å². The summed E-state index contributed by atoms with van der Waals surface area (Å²) in [5, 5.41) is 0.106. The number of carbonyl (C=O) groups excluding carboxylic acids is 1. The smallest absolute Gasteiger partial charge is 0.274 e. The van der Waals surface area contributed by atoms with E-state index in [2.05, 4.69) is 10.3 Å². The predicted molar refractivity (Wildman–Crippen MR) is 78.5 cm³/mol. The van der Waals surface area contributed by atoms with Crippen LogP contribution in [0.2, 0.25) is 5.02 Å². The van der Waals surface area contributed by atoms with E-state index in [0.29, 0.717) is 13.1 Å². The summed E-state index contributed by atoms with van der Waals surface area (Å²) in [7, 11) is -2.38. The number of benzene rings is 1. The van der Waals surface area contributed by atoms with E-state index in [4.69, 9.17) is 11.6 Å². The highest BCUT2D eigenvalue weighted by atomic mass is 35.5. The summed E-state index contributed by atoms with van der Waals surface area (Å²) >= 11 is 6.01. The molecule has 21 heavy (non-hydrogen) atoms. The van der Waals surface area contributed by atoms with E-state index in [0.717, 1.165) is 19.3 Å². The Morgan fingerprint density at radius 2 is 1.95 bits per heavy atom. The van der Waals surface area contributed by atoms with E-state index >= 15 is 0 Å². The van der Waals surface area contributed by atoms with E-state index in [1.54, 1.807) is 0 Å². The minimum absolute atomic E-state index is 0.0465. The summed E-state index contributed by atoms with van der Waals surface area (Å²) in [6.45, 7) is 0.959. The van der Waals surface area contributed by atoms with Crippen LogP contribution in [0.3, 0.4) is 0 Å². The number of hydroxylamine groups is 1. The standard InChI is InChI=1S/C13H17ClN2O4S/c1-20-15-13(17)10-5-6-11(14)12(9-10)21(18,19)16-7-3-2-4-8-16/h5-6,9H,2-4,7-8H2,1H3,(H,15,17). The van der Waals surface area contributed by atoms with E-state index in [-0.39, 0.29) is 15.5 Å². The summed E-state index contributed by atoms with van der Waals surface area (Å²) in [5.41, 5.74) is 2.33. The quantitative estimate of drug-likeness (QED) is 0.853. The van der Waals surface area contributed by atoms with Gasteiger partial charge >= 0.3 is 0 Å². The monoisotopic (exact) mass is 332 g/mol. The van der Waals surface area contributed by atoms with Gasteiger partial charge in [-0.1, -0.05) is 18.0 Å². The Bertz CT molecular complexity index is 627. The molecular formula is C13H17ClN2O4S. The zero-order valence-corrected chi connectivity index (χ0v) is 13.2. The highest BCUT2D eigenvalue weighted by molar-refractivity contribution is 7.89. The molecule has 0 bridgehead atoms. The molecule has 1 N–H and O–H groups in total. The number of sulfonamides is 1. The van der Waals surface area contributed by atoms with Crippen molar-refractivity contribution in [1.29, 1.82) is 0 Å². The number of halogens is 1. The van der Waals surface area contributed by atoms with Crippen LogP contribution in [0.25, 0.3) is 0 Å². The van der Waals surface area contributed by atoms with Gasteiger partial charge in [0.15, 0.2) is 0 Å². The number of amides is 1. The molecular weight excluding hydrogens is 316 g/mol. The van der Waals surface area contributed by atoms with Gasteiger partial charge in [-0.2, -0.15) is 4.31 Å². The number of rotatable bonds is 4. The molecule has 116 valence electrons. The fourth-order valence-corrected chi connectivity index (χ4v) is 4.26. The fourth-order valence-electron chi connectivity index (χ4n) is 2.24. The van der Waals surface area contributed by atoms with E-state index in [9.17, 15) is 13.2 Å². The summed E-state index contributed by atoms with van der Waals surface area (Å²) in [5.74, 6) is -0.524. The Kier molecular flexibility index (Phi) is 5.21. The van der Waals surface area contributed by atoms with Crippen molar-refractivity contribution in [1.82, 2.24) is 9.79 Å². The fraction of sp³-hybridized carbons (Fsp3) is 0.462. The van der Waals surface area contributed by atoms with E-state index in [1.807, 2.05) is 0 Å². The molecule has 1 saturated heterocycles.